The fourth-order valence-corrected chi connectivity index (χ4v) is 5.24. The number of nitrogens with one attached hydrogen (secondary N) is 1. The molecule has 0 bridgehead atoms. The zero-order valence-electron chi connectivity index (χ0n) is 20.4. The third kappa shape index (κ3) is 6.17. The van der Waals surface area contributed by atoms with E-state index in [1.54, 1.807) is 6.92 Å². The molecule has 188 valence electrons. The molecule has 3 atom stereocenters. The first kappa shape index (κ1) is 26.6. The molecular weight excluding hydrogens is 470 g/mol. The number of esters is 1. The third-order valence-electron chi connectivity index (χ3n) is 6.05. The maximum atomic E-state index is 13.1. The highest BCUT2D eigenvalue weighted by Gasteiger charge is 2.57. The molecule has 2 aliphatic rings. The Kier molecular flexibility index (Phi) is 8.47. The number of rotatable bonds is 10. The fourth-order valence-electron chi connectivity index (χ4n) is 4.18. The Labute approximate surface area is 208 Å². The highest BCUT2D eigenvalue weighted by Crippen LogP contribution is 2.47. The molecule has 2 amide bonds. The smallest absolute Gasteiger partial charge is 0.356 e. The number of thioether (sulfide) groups is 1. The van der Waals surface area contributed by atoms with Gasteiger partial charge in [0.05, 0.1) is 18.1 Å². The first-order valence-electron chi connectivity index (χ1n) is 11.5. The van der Waals surface area contributed by atoms with Gasteiger partial charge in [-0.15, -0.1) is 11.8 Å². The second-order valence-corrected chi connectivity index (χ2v) is 10.8. The van der Waals surface area contributed by atoms with Gasteiger partial charge in [-0.05, 0) is 29.0 Å². The Balaban J connectivity index is 1.66. The van der Waals surface area contributed by atoms with E-state index in [1.165, 1.54) is 22.2 Å². The lowest BCUT2D eigenvalue weighted by Crippen LogP contribution is -2.61. The summed E-state index contributed by atoms with van der Waals surface area (Å²) >= 11 is 1.36. The minimum atomic E-state index is -0.813. The van der Waals surface area contributed by atoms with Crippen LogP contribution in [0.2, 0.25) is 0 Å². The van der Waals surface area contributed by atoms with E-state index in [1.807, 2.05) is 24.3 Å². The summed E-state index contributed by atoms with van der Waals surface area (Å²) in [5.74, 6) is -1.36. The summed E-state index contributed by atoms with van der Waals surface area (Å²) in [6.45, 7) is 8.05. The number of aliphatic hydroxyl groups is 1. The standard InChI is InChI=1S/C24H31N5O5S/c1-14(30)20-17-11-18(35-10-9-26-19(31)12-27-28-25)21(29(17)22(20)32)23(33)34-13-15-5-7-16(8-6-15)24(2,3)4/h5-8,14,17,20,30H,9-13H2,1-4H3,(H,26,31)/t14-,17-,20-/m1/s1. The molecule has 1 aromatic rings. The number of carbonyl (C=O) groups excluding carboxylic acids is 3. The van der Waals surface area contributed by atoms with E-state index in [9.17, 15) is 19.5 Å². The van der Waals surface area contributed by atoms with E-state index >= 15 is 0 Å². The molecule has 1 aromatic carbocycles. The van der Waals surface area contributed by atoms with Crippen LogP contribution < -0.4 is 5.32 Å². The van der Waals surface area contributed by atoms with Crippen LogP contribution in [0, 0.1) is 5.92 Å². The molecule has 0 aromatic heterocycles. The number of β-lactam (4-membered cyclic amide) rings is 1. The molecule has 0 unspecified atom stereocenters. The van der Waals surface area contributed by atoms with Gasteiger partial charge in [-0.25, -0.2) is 4.79 Å². The average molecular weight is 502 g/mol. The fraction of sp³-hybridized carbons (Fsp3) is 0.542. The van der Waals surface area contributed by atoms with Gasteiger partial charge in [-0.2, -0.15) is 0 Å². The van der Waals surface area contributed by atoms with E-state index in [-0.39, 0.29) is 36.2 Å². The van der Waals surface area contributed by atoms with Gasteiger partial charge in [0.1, 0.15) is 18.8 Å². The Morgan fingerprint density at radius 1 is 1.34 bits per heavy atom. The number of hydrogen-bond donors (Lipinski definition) is 2. The van der Waals surface area contributed by atoms with Gasteiger partial charge in [0.15, 0.2) is 0 Å². The summed E-state index contributed by atoms with van der Waals surface area (Å²) < 4.78 is 5.57. The van der Waals surface area contributed by atoms with Crippen LogP contribution in [-0.2, 0) is 31.1 Å². The van der Waals surface area contributed by atoms with Crippen LogP contribution in [0.15, 0.2) is 40.0 Å². The maximum absolute atomic E-state index is 13.1. The predicted molar refractivity (Wildman–Crippen MR) is 132 cm³/mol. The second-order valence-electron chi connectivity index (χ2n) is 9.63. The van der Waals surface area contributed by atoms with E-state index in [0.29, 0.717) is 23.6 Å². The molecule has 0 saturated carbocycles. The van der Waals surface area contributed by atoms with Crippen molar-refractivity contribution < 1.29 is 24.2 Å². The van der Waals surface area contributed by atoms with Crippen molar-refractivity contribution in [2.75, 3.05) is 18.8 Å². The molecule has 2 N–H and O–H groups in total. The van der Waals surface area contributed by atoms with Gasteiger partial charge in [0, 0.05) is 28.5 Å². The van der Waals surface area contributed by atoms with Crippen molar-refractivity contribution in [3.63, 3.8) is 0 Å². The van der Waals surface area contributed by atoms with Crippen molar-refractivity contribution in [3.8, 4) is 0 Å². The lowest BCUT2D eigenvalue weighted by Gasteiger charge is -2.44. The van der Waals surface area contributed by atoms with Crippen LogP contribution in [0.4, 0.5) is 0 Å². The largest absolute Gasteiger partial charge is 0.456 e. The quantitative estimate of drug-likeness (QED) is 0.126. The molecule has 10 nitrogen and oxygen atoms in total. The van der Waals surface area contributed by atoms with Crippen LogP contribution in [-0.4, -0.2) is 58.8 Å². The van der Waals surface area contributed by atoms with Crippen LogP contribution >= 0.6 is 11.8 Å². The van der Waals surface area contributed by atoms with Crippen molar-refractivity contribution in [2.24, 2.45) is 11.0 Å². The Bertz CT molecular complexity index is 1060. The molecule has 1 fully saturated rings. The molecule has 2 heterocycles. The summed E-state index contributed by atoms with van der Waals surface area (Å²) in [5.41, 5.74) is 10.5. The number of fused-ring (bicyclic) bond motifs is 1. The zero-order chi connectivity index (χ0) is 25.8. The molecule has 2 aliphatic heterocycles. The van der Waals surface area contributed by atoms with E-state index in [0.717, 1.165) is 5.56 Å². The monoisotopic (exact) mass is 501 g/mol. The van der Waals surface area contributed by atoms with Gasteiger partial charge in [0.2, 0.25) is 11.8 Å². The van der Waals surface area contributed by atoms with Gasteiger partial charge in [-0.1, -0.05) is 50.2 Å². The van der Waals surface area contributed by atoms with Crippen LogP contribution in [0.25, 0.3) is 10.4 Å². The molecular formula is C24H31N5O5S. The minimum Gasteiger partial charge on any atom is -0.456 e. The second kappa shape index (κ2) is 11.2. The van der Waals surface area contributed by atoms with Crippen LogP contribution in [0.5, 0.6) is 0 Å². The molecule has 11 heteroatoms. The van der Waals surface area contributed by atoms with Crippen LogP contribution in [0.1, 0.15) is 45.2 Å². The van der Waals surface area contributed by atoms with E-state index in [4.69, 9.17) is 10.3 Å². The topological polar surface area (TPSA) is 145 Å². The third-order valence-corrected chi connectivity index (χ3v) is 7.17. The Hall–Kier alpha value is -3.01. The van der Waals surface area contributed by atoms with Crippen molar-refractivity contribution in [1.82, 2.24) is 10.2 Å². The average Bonchev–Trinajstić information content (AvgIpc) is 3.12. The Morgan fingerprint density at radius 3 is 2.63 bits per heavy atom. The molecule has 3 rings (SSSR count). The summed E-state index contributed by atoms with van der Waals surface area (Å²) in [4.78, 5) is 42.0. The van der Waals surface area contributed by atoms with Gasteiger partial charge in [-0.3, -0.25) is 9.59 Å². The Morgan fingerprint density at radius 2 is 2.03 bits per heavy atom. The molecule has 0 aliphatic carbocycles. The number of azide groups is 1. The number of carbonyl (C=O) groups is 3. The number of benzene rings is 1. The van der Waals surface area contributed by atoms with Gasteiger partial charge < -0.3 is 20.1 Å². The summed E-state index contributed by atoms with van der Waals surface area (Å²) in [6.07, 6.45) is -0.365. The number of hydrogen-bond acceptors (Lipinski definition) is 7. The first-order valence-corrected chi connectivity index (χ1v) is 12.4. The number of nitrogens with zero attached hydrogens (tertiary/aromatic N) is 4. The number of aliphatic hydroxyl groups excluding tert-OH is 1. The van der Waals surface area contributed by atoms with E-state index in [2.05, 4.69) is 36.1 Å². The first-order chi connectivity index (χ1) is 16.5. The van der Waals surface area contributed by atoms with Crippen molar-refractivity contribution in [2.45, 2.75) is 58.3 Å². The maximum Gasteiger partial charge on any atom is 0.356 e. The highest BCUT2D eigenvalue weighted by molar-refractivity contribution is 8.03. The summed E-state index contributed by atoms with van der Waals surface area (Å²) in [6, 6.07) is 7.59. The SMILES string of the molecule is C[C@@H](O)[C@H]1C(=O)N2C(C(=O)OCc3ccc(C(C)(C)C)cc3)=C(SCCNC(=O)CN=[N+]=[N-])C[C@H]12. The van der Waals surface area contributed by atoms with Gasteiger partial charge >= 0.3 is 5.97 Å². The van der Waals surface area contributed by atoms with Gasteiger partial charge in [0.25, 0.3) is 0 Å². The predicted octanol–water partition coefficient (Wildman–Crippen LogP) is 3.01. The molecule has 0 spiro atoms. The van der Waals surface area contributed by atoms with E-state index < -0.39 is 23.9 Å². The molecule has 0 radical (unpaired) electrons. The van der Waals surface area contributed by atoms with Crippen molar-refractivity contribution in [3.05, 3.63) is 56.4 Å². The number of ether oxygens (including phenoxy) is 1. The number of amides is 2. The van der Waals surface area contributed by atoms with Crippen molar-refractivity contribution in [1.29, 1.82) is 0 Å². The minimum absolute atomic E-state index is 0.0195. The molecule has 35 heavy (non-hydrogen) atoms. The normalized spacial score (nSPS) is 20.0. The molecule has 1 saturated heterocycles. The highest BCUT2D eigenvalue weighted by atomic mass is 32.2. The van der Waals surface area contributed by atoms with Crippen LogP contribution in [0.3, 0.4) is 0 Å². The summed E-state index contributed by atoms with van der Waals surface area (Å²) in [7, 11) is 0. The zero-order valence-corrected chi connectivity index (χ0v) is 21.2. The van der Waals surface area contributed by atoms with Crippen molar-refractivity contribution >= 4 is 29.5 Å². The lowest BCUT2D eigenvalue weighted by atomic mass is 9.83. The lowest BCUT2D eigenvalue weighted by molar-refractivity contribution is -0.162. The summed E-state index contributed by atoms with van der Waals surface area (Å²) in [5, 5.41) is 15.9.